The van der Waals surface area contributed by atoms with Gasteiger partial charge in [-0.1, -0.05) is 11.6 Å². The normalized spacial score (nSPS) is 19.4. The zero-order chi connectivity index (χ0) is 18.7. The molecule has 0 radical (unpaired) electrons. The fourth-order valence-corrected chi connectivity index (χ4v) is 3.70. The molecule has 9 heteroatoms. The maximum Gasteiger partial charge on any atom is 0.255 e. The second kappa shape index (κ2) is 9.68. The smallest absolute Gasteiger partial charge is 0.255 e. The zero-order valence-electron chi connectivity index (χ0n) is 14.9. The number of carbonyl (C=O) groups is 2. The lowest BCUT2D eigenvalue weighted by Gasteiger charge is -2.37. The summed E-state index contributed by atoms with van der Waals surface area (Å²) in [5.41, 5.74) is 6.43. The lowest BCUT2D eigenvalue weighted by atomic mass is 9.91. The van der Waals surface area contributed by atoms with Gasteiger partial charge in [0.25, 0.3) is 5.91 Å². The minimum Gasteiger partial charge on any atom is -0.381 e. The van der Waals surface area contributed by atoms with Crippen LogP contribution in [-0.2, 0) is 9.53 Å². The number of ether oxygens (including phenoxy) is 1. The van der Waals surface area contributed by atoms with E-state index < -0.39 is 11.9 Å². The first-order valence-electron chi connectivity index (χ1n) is 8.84. The van der Waals surface area contributed by atoms with Crippen molar-refractivity contribution in [1.29, 1.82) is 0 Å². The molecule has 2 saturated heterocycles. The molecule has 2 aliphatic heterocycles. The molecule has 0 saturated carbocycles. The average Bonchev–Trinajstić information content (AvgIpc) is 2.67. The van der Waals surface area contributed by atoms with Crippen molar-refractivity contribution in [2.45, 2.75) is 18.9 Å². The molecule has 2 heterocycles. The Labute approximate surface area is 169 Å². The summed E-state index contributed by atoms with van der Waals surface area (Å²) in [7, 11) is 0. The van der Waals surface area contributed by atoms with E-state index in [4.69, 9.17) is 22.1 Å². The highest BCUT2D eigenvalue weighted by atomic mass is 35.5. The van der Waals surface area contributed by atoms with Gasteiger partial charge in [-0.3, -0.25) is 9.59 Å². The first-order valence-corrected chi connectivity index (χ1v) is 9.21. The Morgan fingerprint density at radius 1 is 1.15 bits per heavy atom. The number of nitrogens with zero attached hydrogens (tertiary/aromatic N) is 2. The van der Waals surface area contributed by atoms with E-state index in [2.05, 4.69) is 0 Å². The summed E-state index contributed by atoms with van der Waals surface area (Å²) in [4.78, 5) is 28.5. The van der Waals surface area contributed by atoms with E-state index in [0.29, 0.717) is 39.4 Å². The van der Waals surface area contributed by atoms with Crippen LogP contribution in [0.25, 0.3) is 0 Å². The number of rotatable bonds is 3. The van der Waals surface area contributed by atoms with Crippen molar-refractivity contribution in [2.75, 3.05) is 39.4 Å². The van der Waals surface area contributed by atoms with E-state index in [1.54, 1.807) is 9.80 Å². The van der Waals surface area contributed by atoms with Crippen LogP contribution in [0.1, 0.15) is 23.2 Å². The second-order valence-corrected chi connectivity index (χ2v) is 7.12. The van der Waals surface area contributed by atoms with Crippen molar-refractivity contribution >= 4 is 35.8 Å². The number of benzene rings is 1. The molecule has 2 aliphatic rings. The Morgan fingerprint density at radius 2 is 1.74 bits per heavy atom. The van der Waals surface area contributed by atoms with Crippen molar-refractivity contribution < 1.29 is 18.7 Å². The molecule has 150 valence electrons. The van der Waals surface area contributed by atoms with Crippen LogP contribution in [0.4, 0.5) is 4.39 Å². The number of nitrogens with two attached hydrogens (primary N) is 1. The molecule has 1 atom stereocenters. The molecule has 3 rings (SSSR count). The van der Waals surface area contributed by atoms with Crippen LogP contribution >= 0.6 is 24.0 Å². The number of amides is 2. The molecular weight excluding hydrogens is 396 g/mol. The van der Waals surface area contributed by atoms with Crippen molar-refractivity contribution in [3.63, 3.8) is 0 Å². The molecule has 6 nitrogen and oxygen atoms in total. The van der Waals surface area contributed by atoms with Crippen LogP contribution in [-0.4, -0.2) is 67.0 Å². The molecule has 2 N–H and O–H groups in total. The van der Waals surface area contributed by atoms with Crippen LogP contribution in [0.5, 0.6) is 0 Å². The number of hydrogen-bond donors (Lipinski definition) is 1. The SMILES string of the molecule is Cl.NC(C(=O)N1CCN(C(=O)c2ccc(F)cc2Cl)CC1)C1CCOCC1. The van der Waals surface area contributed by atoms with Gasteiger partial charge in [0, 0.05) is 39.4 Å². The largest absolute Gasteiger partial charge is 0.381 e. The maximum atomic E-state index is 13.1. The summed E-state index contributed by atoms with van der Waals surface area (Å²) < 4.78 is 18.5. The molecule has 0 bridgehead atoms. The summed E-state index contributed by atoms with van der Waals surface area (Å²) in [6, 6.07) is 3.21. The third kappa shape index (κ3) is 5.10. The van der Waals surface area contributed by atoms with E-state index in [-0.39, 0.29) is 40.7 Å². The third-order valence-electron chi connectivity index (χ3n) is 5.10. The van der Waals surface area contributed by atoms with Crippen LogP contribution in [0.3, 0.4) is 0 Å². The van der Waals surface area contributed by atoms with E-state index in [9.17, 15) is 14.0 Å². The van der Waals surface area contributed by atoms with Gasteiger partial charge >= 0.3 is 0 Å². The van der Waals surface area contributed by atoms with Gasteiger partial charge in [-0.25, -0.2) is 4.39 Å². The summed E-state index contributed by atoms with van der Waals surface area (Å²) >= 11 is 5.97. The molecule has 2 amide bonds. The first kappa shape index (κ1) is 21.9. The van der Waals surface area contributed by atoms with Gasteiger partial charge in [-0.15, -0.1) is 12.4 Å². The fraction of sp³-hybridized carbons (Fsp3) is 0.556. The monoisotopic (exact) mass is 419 g/mol. The number of halogens is 3. The number of hydrogen-bond acceptors (Lipinski definition) is 4. The predicted molar refractivity (Wildman–Crippen MR) is 103 cm³/mol. The van der Waals surface area contributed by atoms with Gasteiger partial charge in [0.15, 0.2) is 0 Å². The molecular formula is C18H24Cl2FN3O3. The zero-order valence-corrected chi connectivity index (χ0v) is 16.5. The molecule has 27 heavy (non-hydrogen) atoms. The molecule has 2 fully saturated rings. The second-order valence-electron chi connectivity index (χ2n) is 6.72. The minimum atomic E-state index is -0.521. The average molecular weight is 420 g/mol. The standard InChI is InChI=1S/C18H23ClFN3O3.ClH/c19-15-11-13(20)1-2-14(15)17(24)22-5-7-23(8-6-22)18(25)16(21)12-3-9-26-10-4-12;/h1-2,11-12,16H,3-10,21H2;1H. The lowest BCUT2D eigenvalue weighted by Crippen LogP contribution is -2.56. The Bertz CT molecular complexity index is 678. The van der Waals surface area contributed by atoms with Crippen LogP contribution in [0, 0.1) is 11.7 Å². The van der Waals surface area contributed by atoms with Gasteiger partial charge in [0.1, 0.15) is 5.82 Å². The Kier molecular flexibility index (Phi) is 7.85. The van der Waals surface area contributed by atoms with E-state index in [1.807, 2.05) is 0 Å². The van der Waals surface area contributed by atoms with E-state index in [0.717, 1.165) is 18.9 Å². The fourth-order valence-electron chi connectivity index (χ4n) is 3.45. The van der Waals surface area contributed by atoms with Gasteiger partial charge in [-0.2, -0.15) is 0 Å². The summed E-state index contributed by atoms with van der Waals surface area (Å²) in [6.07, 6.45) is 1.60. The topological polar surface area (TPSA) is 75.9 Å². The van der Waals surface area contributed by atoms with Crippen molar-refractivity contribution in [3.05, 3.63) is 34.6 Å². The van der Waals surface area contributed by atoms with Gasteiger partial charge in [0.2, 0.25) is 5.91 Å². The van der Waals surface area contributed by atoms with Crippen LogP contribution < -0.4 is 5.73 Å². The Balaban J connectivity index is 0.00000261. The van der Waals surface area contributed by atoms with Crippen LogP contribution in [0.2, 0.25) is 5.02 Å². The molecule has 1 aromatic carbocycles. The van der Waals surface area contributed by atoms with Crippen LogP contribution in [0.15, 0.2) is 18.2 Å². The highest BCUT2D eigenvalue weighted by Crippen LogP contribution is 2.22. The highest BCUT2D eigenvalue weighted by Gasteiger charge is 2.32. The van der Waals surface area contributed by atoms with Gasteiger partial charge in [0.05, 0.1) is 16.6 Å². The van der Waals surface area contributed by atoms with Gasteiger partial charge in [-0.05, 0) is 37.0 Å². The number of piperazine rings is 1. The summed E-state index contributed by atoms with van der Waals surface area (Å²) in [5, 5.41) is 0.0926. The predicted octanol–water partition coefficient (Wildman–Crippen LogP) is 1.94. The summed E-state index contributed by atoms with van der Waals surface area (Å²) in [6.45, 7) is 2.96. The quantitative estimate of drug-likeness (QED) is 0.811. The van der Waals surface area contributed by atoms with Gasteiger partial charge < -0.3 is 20.3 Å². The highest BCUT2D eigenvalue weighted by molar-refractivity contribution is 6.33. The van der Waals surface area contributed by atoms with Crippen molar-refractivity contribution in [3.8, 4) is 0 Å². The Morgan fingerprint density at radius 3 is 2.33 bits per heavy atom. The maximum absolute atomic E-state index is 13.1. The lowest BCUT2D eigenvalue weighted by molar-refractivity contribution is -0.136. The molecule has 1 aromatic rings. The van der Waals surface area contributed by atoms with E-state index in [1.165, 1.54) is 12.1 Å². The first-order chi connectivity index (χ1) is 12.5. The minimum absolute atomic E-state index is 0. The number of carbonyl (C=O) groups excluding carboxylic acids is 2. The molecule has 0 spiro atoms. The molecule has 1 unspecified atom stereocenters. The van der Waals surface area contributed by atoms with Crippen molar-refractivity contribution in [2.24, 2.45) is 11.7 Å². The third-order valence-corrected chi connectivity index (χ3v) is 5.41. The Hall–Kier alpha value is -1.41. The molecule has 0 aliphatic carbocycles. The summed E-state index contributed by atoms with van der Waals surface area (Å²) in [5.74, 6) is -0.655. The van der Waals surface area contributed by atoms with E-state index >= 15 is 0 Å². The molecule has 0 aromatic heterocycles. The van der Waals surface area contributed by atoms with Crippen molar-refractivity contribution in [1.82, 2.24) is 9.80 Å².